The molecule has 0 bridgehead atoms. The van der Waals surface area contributed by atoms with Crippen molar-refractivity contribution in [1.82, 2.24) is 9.47 Å². The summed E-state index contributed by atoms with van der Waals surface area (Å²) in [5.74, 6) is -1.64. The lowest BCUT2D eigenvalue weighted by molar-refractivity contribution is 0.0684. The van der Waals surface area contributed by atoms with E-state index in [0.29, 0.717) is 12.1 Å². The van der Waals surface area contributed by atoms with Crippen LogP contribution in [0.15, 0.2) is 40.2 Å². The third-order valence-corrected chi connectivity index (χ3v) is 3.78. The fraction of sp³-hybridized carbons (Fsp3) is 0.200. The maximum atomic E-state index is 13.0. The third kappa shape index (κ3) is 2.68. The van der Waals surface area contributed by atoms with Gasteiger partial charge in [-0.3, -0.25) is 9.59 Å². The largest absolute Gasteiger partial charge is 0.503 e. The number of fused-ring (bicyclic) bond motifs is 1. The second-order valence-electron chi connectivity index (χ2n) is 5.26. The van der Waals surface area contributed by atoms with Crippen molar-refractivity contribution >= 4 is 11.7 Å². The van der Waals surface area contributed by atoms with Gasteiger partial charge in [-0.1, -0.05) is 12.1 Å². The summed E-state index contributed by atoms with van der Waals surface area (Å²) >= 11 is 0. The highest BCUT2D eigenvalue weighted by atomic mass is 19.1. The first kappa shape index (κ1) is 15.6. The van der Waals surface area contributed by atoms with Crippen LogP contribution >= 0.6 is 0 Å². The van der Waals surface area contributed by atoms with Crippen LogP contribution in [0.2, 0.25) is 0 Å². The van der Waals surface area contributed by atoms with Gasteiger partial charge in [0, 0.05) is 30.6 Å². The molecule has 1 amide bonds. The topological polar surface area (TPSA) is 111 Å². The molecule has 1 aromatic carbocycles. The number of halogens is 1. The summed E-state index contributed by atoms with van der Waals surface area (Å²) in [7, 11) is 0. The zero-order valence-electron chi connectivity index (χ0n) is 12.4. The summed E-state index contributed by atoms with van der Waals surface area (Å²) in [5.41, 5.74) is 8.28. The van der Waals surface area contributed by atoms with Gasteiger partial charge >= 0.3 is 0 Å². The molecule has 0 unspecified atom stereocenters. The lowest BCUT2D eigenvalue weighted by atomic mass is 10.1. The van der Waals surface area contributed by atoms with Crippen LogP contribution in [-0.2, 0) is 13.1 Å². The molecule has 0 saturated carbocycles. The SMILES string of the molecule is [N-]=[N+]=Nc1cc(=O)c(O)c2n1CCN(Cc1ccc(F)cc1)C2=O. The maximum Gasteiger partial charge on any atom is 0.274 e. The van der Waals surface area contributed by atoms with Crippen LogP contribution in [0.5, 0.6) is 5.75 Å². The van der Waals surface area contributed by atoms with Crippen molar-refractivity contribution in [3.8, 4) is 5.75 Å². The van der Waals surface area contributed by atoms with Crippen LogP contribution in [0.3, 0.4) is 0 Å². The summed E-state index contributed by atoms with van der Waals surface area (Å²) < 4.78 is 14.3. The zero-order valence-corrected chi connectivity index (χ0v) is 12.4. The van der Waals surface area contributed by atoms with Gasteiger partial charge in [0.05, 0.1) is 0 Å². The summed E-state index contributed by atoms with van der Waals surface area (Å²) in [5, 5.41) is 13.4. The van der Waals surface area contributed by atoms with Gasteiger partial charge in [0.15, 0.2) is 11.4 Å². The fourth-order valence-electron chi connectivity index (χ4n) is 2.63. The Labute approximate surface area is 135 Å². The second-order valence-corrected chi connectivity index (χ2v) is 5.26. The minimum absolute atomic E-state index is 0.0231. The Morgan fingerprint density at radius 3 is 2.62 bits per heavy atom. The van der Waals surface area contributed by atoms with Crippen molar-refractivity contribution in [2.45, 2.75) is 13.1 Å². The zero-order chi connectivity index (χ0) is 17.3. The maximum absolute atomic E-state index is 13.0. The number of amides is 1. The highest BCUT2D eigenvalue weighted by Crippen LogP contribution is 2.26. The van der Waals surface area contributed by atoms with Crippen molar-refractivity contribution in [3.63, 3.8) is 0 Å². The van der Waals surface area contributed by atoms with Gasteiger partial charge in [0.2, 0.25) is 5.43 Å². The number of azide groups is 1. The standard InChI is InChI=1S/C15H12FN5O3/c16-10-3-1-9(2-4-10)8-20-5-6-21-12(18-19-17)7-11(22)14(23)13(21)15(20)24/h1-4,7,23H,5-6,8H2. The Morgan fingerprint density at radius 2 is 1.96 bits per heavy atom. The van der Waals surface area contributed by atoms with Gasteiger partial charge < -0.3 is 14.6 Å². The molecule has 9 heteroatoms. The number of nitrogens with zero attached hydrogens (tertiary/aromatic N) is 5. The average Bonchev–Trinajstić information content (AvgIpc) is 2.56. The van der Waals surface area contributed by atoms with E-state index in [2.05, 4.69) is 10.0 Å². The van der Waals surface area contributed by atoms with E-state index in [1.54, 1.807) is 12.1 Å². The summed E-state index contributed by atoms with van der Waals surface area (Å²) in [6.07, 6.45) is 0. The van der Waals surface area contributed by atoms with E-state index in [1.807, 2.05) is 0 Å². The van der Waals surface area contributed by atoms with Crippen LogP contribution in [0, 0.1) is 5.82 Å². The molecule has 0 atom stereocenters. The first-order chi connectivity index (χ1) is 11.5. The lowest BCUT2D eigenvalue weighted by Gasteiger charge is -2.31. The van der Waals surface area contributed by atoms with E-state index >= 15 is 0 Å². The Bertz CT molecular complexity index is 916. The summed E-state index contributed by atoms with van der Waals surface area (Å²) in [6, 6.07) is 6.68. The number of rotatable bonds is 3. The molecule has 2 heterocycles. The lowest BCUT2D eigenvalue weighted by Crippen LogP contribution is -2.41. The highest BCUT2D eigenvalue weighted by Gasteiger charge is 2.29. The molecule has 1 aliphatic heterocycles. The molecule has 0 radical (unpaired) electrons. The van der Waals surface area contributed by atoms with Gasteiger partial charge in [-0.15, -0.1) is 0 Å². The molecule has 0 saturated heterocycles. The molecule has 0 aliphatic carbocycles. The van der Waals surface area contributed by atoms with E-state index < -0.39 is 17.1 Å². The fourth-order valence-corrected chi connectivity index (χ4v) is 2.63. The molecule has 2 aromatic rings. The van der Waals surface area contributed by atoms with Gasteiger partial charge in [0.25, 0.3) is 5.91 Å². The quantitative estimate of drug-likeness (QED) is 0.529. The van der Waals surface area contributed by atoms with Crippen LogP contribution in [0.25, 0.3) is 10.4 Å². The number of pyridine rings is 1. The summed E-state index contributed by atoms with van der Waals surface area (Å²) in [6.45, 7) is 0.752. The molecular formula is C15H12FN5O3. The van der Waals surface area contributed by atoms with Crippen molar-refractivity contribution in [2.75, 3.05) is 6.54 Å². The molecule has 3 rings (SSSR count). The van der Waals surface area contributed by atoms with E-state index in [1.165, 1.54) is 21.6 Å². The highest BCUT2D eigenvalue weighted by molar-refractivity contribution is 5.96. The van der Waals surface area contributed by atoms with E-state index in [0.717, 1.165) is 6.07 Å². The van der Waals surface area contributed by atoms with Gasteiger partial charge in [-0.2, -0.15) is 0 Å². The first-order valence-electron chi connectivity index (χ1n) is 7.07. The third-order valence-electron chi connectivity index (χ3n) is 3.78. The number of aromatic hydroxyl groups is 1. The van der Waals surface area contributed by atoms with Crippen molar-refractivity contribution in [3.05, 3.63) is 68.1 Å². The number of carbonyl (C=O) groups is 1. The molecule has 8 nitrogen and oxygen atoms in total. The van der Waals surface area contributed by atoms with Crippen LogP contribution in [-0.4, -0.2) is 27.0 Å². The Kier molecular flexibility index (Phi) is 3.93. The van der Waals surface area contributed by atoms with Gasteiger partial charge in [-0.25, -0.2) is 4.39 Å². The number of carbonyl (C=O) groups excluding carboxylic acids is 1. The Balaban J connectivity index is 1.99. The molecule has 1 aliphatic rings. The van der Waals surface area contributed by atoms with E-state index in [-0.39, 0.29) is 30.4 Å². The second kappa shape index (κ2) is 6.05. The number of benzene rings is 1. The minimum Gasteiger partial charge on any atom is -0.503 e. The Hall–Kier alpha value is -3.32. The number of aromatic nitrogens is 1. The monoisotopic (exact) mass is 329 g/mol. The summed E-state index contributed by atoms with van der Waals surface area (Å²) in [4.78, 5) is 28.5. The van der Waals surface area contributed by atoms with E-state index in [4.69, 9.17) is 5.53 Å². The van der Waals surface area contributed by atoms with Crippen molar-refractivity contribution in [2.24, 2.45) is 5.11 Å². The predicted molar refractivity (Wildman–Crippen MR) is 82.3 cm³/mol. The Morgan fingerprint density at radius 1 is 1.25 bits per heavy atom. The van der Waals surface area contributed by atoms with Crippen molar-refractivity contribution < 1.29 is 14.3 Å². The molecule has 1 aromatic heterocycles. The molecule has 0 spiro atoms. The minimum atomic E-state index is -0.791. The van der Waals surface area contributed by atoms with Crippen molar-refractivity contribution in [1.29, 1.82) is 0 Å². The van der Waals surface area contributed by atoms with Crippen LogP contribution < -0.4 is 5.43 Å². The number of hydrogen-bond donors (Lipinski definition) is 1. The normalized spacial score (nSPS) is 13.4. The predicted octanol–water partition coefficient (Wildman–Crippen LogP) is 2.29. The molecule has 1 N–H and O–H groups in total. The van der Waals surface area contributed by atoms with Crippen LogP contribution in [0.4, 0.5) is 10.2 Å². The first-order valence-corrected chi connectivity index (χ1v) is 7.07. The molecule has 0 fully saturated rings. The van der Waals surface area contributed by atoms with E-state index in [9.17, 15) is 19.1 Å². The molecular weight excluding hydrogens is 317 g/mol. The average molecular weight is 329 g/mol. The van der Waals surface area contributed by atoms with Crippen LogP contribution in [0.1, 0.15) is 16.1 Å². The smallest absolute Gasteiger partial charge is 0.274 e. The molecule has 24 heavy (non-hydrogen) atoms. The number of hydrogen-bond acceptors (Lipinski definition) is 4. The van der Waals surface area contributed by atoms with Gasteiger partial charge in [0.1, 0.15) is 11.6 Å². The van der Waals surface area contributed by atoms with Gasteiger partial charge in [-0.05, 0) is 28.3 Å². The molecule has 122 valence electrons.